The van der Waals surface area contributed by atoms with Gasteiger partial charge in [0, 0.05) is 48.2 Å². The number of alkyl halides is 3. The Morgan fingerprint density at radius 1 is 1.12 bits per heavy atom. The second kappa shape index (κ2) is 13.0. The van der Waals surface area contributed by atoms with Crippen molar-refractivity contribution in [3.63, 3.8) is 0 Å². The normalized spacial score (nSPS) is 13.0. The maximum absolute atomic E-state index is 12.4. The molecule has 3 heterocycles. The molecule has 41 heavy (non-hydrogen) atoms. The van der Waals surface area contributed by atoms with Crippen LogP contribution in [-0.4, -0.2) is 49.7 Å². The van der Waals surface area contributed by atoms with Crippen LogP contribution in [0.25, 0.3) is 22.5 Å². The second-order valence-electron chi connectivity index (χ2n) is 9.30. The number of ketones is 1. The molecule has 3 aromatic heterocycles. The minimum Gasteiger partial charge on any atom is -0.404 e. The van der Waals surface area contributed by atoms with E-state index in [4.69, 9.17) is 5.73 Å². The average Bonchev–Trinajstić information content (AvgIpc) is 3.39. The molecule has 0 saturated heterocycles. The quantitative estimate of drug-likeness (QED) is 0.262. The van der Waals surface area contributed by atoms with E-state index in [0.29, 0.717) is 40.1 Å². The lowest BCUT2D eigenvalue weighted by molar-refractivity contribution is -0.143. The number of benzene rings is 1. The van der Waals surface area contributed by atoms with Crippen LogP contribution in [0.3, 0.4) is 0 Å². The Balaban J connectivity index is 1.44. The molecule has 0 aliphatic carbocycles. The van der Waals surface area contributed by atoms with Crippen LogP contribution < -0.4 is 11.1 Å². The van der Waals surface area contributed by atoms with Gasteiger partial charge in [-0.3, -0.25) is 19.6 Å². The first-order chi connectivity index (χ1) is 19.6. The Morgan fingerprint density at radius 3 is 2.68 bits per heavy atom. The van der Waals surface area contributed by atoms with Gasteiger partial charge in [-0.05, 0) is 36.8 Å². The summed E-state index contributed by atoms with van der Waals surface area (Å²) in [7, 11) is 0. The van der Waals surface area contributed by atoms with Crippen LogP contribution >= 0.6 is 0 Å². The van der Waals surface area contributed by atoms with Crippen LogP contribution in [-0.2, 0) is 22.6 Å². The van der Waals surface area contributed by atoms with Crippen molar-refractivity contribution in [3.05, 3.63) is 90.1 Å². The summed E-state index contributed by atoms with van der Waals surface area (Å²) in [6, 6.07) is 13.5. The fourth-order valence-electron chi connectivity index (χ4n) is 3.97. The number of nitrogens with one attached hydrogen (secondary N) is 1. The lowest BCUT2D eigenvalue weighted by Gasteiger charge is -2.09. The maximum atomic E-state index is 12.4. The zero-order valence-electron chi connectivity index (χ0n) is 22.2. The third kappa shape index (κ3) is 8.07. The van der Waals surface area contributed by atoms with Gasteiger partial charge in [-0.2, -0.15) is 18.3 Å². The highest BCUT2D eigenvalue weighted by molar-refractivity contribution is 6.10. The molecule has 0 bridgehead atoms. The summed E-state index contributed by atoms with van der Waals surface area (Å²) in [5.41, 5.74) is 10.2. The van der Waals surface area contributed by atoms with Crippen molar-refractivity contribution in [2.45, 2.75) is 44.9 Å². The number of carbonyl (C=O) groups is 2. The molecule has 0 radical (unpaired) electrons. The highest BCUT2D eigenvalue weighted by atomic mass is 19.4. The number of rotatable bonds is 11. The topological polar surface area (TPSA) is 128 Å². The molecule has 4 aromatic rings. The predicted octanol–water partition coefficient (Wildman–Crippen LogP) is 4.32. The van der Waals surface area contributed by atoms with Gasteiger partial charge < -0.3 is 11.1 Å². The largest absolute Gasteiger partial charge is 0.404 e. The van der Waals surface area contributed by atoms with E-state index < -0.39 is 30.8 Å². The SMILES string of the molecule is CC(N=CC(=CN)c1cnn2c(-c3cccc(CC(=O)CCC(F)(F)F)c3)cnc2c1)C(=O)NCc1ccccn1. The molecule has 3 N–H and O–H groups in total. The number of hydrogen-bond donors (Lipinski definition) is 2. The Morgan fingerprint density at radius 2 is 1.95 bits per heavy atom. The third-order valence-electron chi connectivity index (χ3n) is 6.17. The minimum absolute atomic E-state index is 0.0954. The zero-order chi connectivity index (χ0) is 29.4. The first-order valence-corrected chi connectivity index (χ1v) is 12.8. The molecule has 0 aliphatic heterocycles. The van der Waals surface area contributed by atoms with Crippen molar-refractivity contribution in [2.75, 3.05) is 0 Å². The molecular weight excluding hydrogens is 535 g/mol. The van der Waals surface area contributed by atoms with Crippen LogP contribution in [0, 0.1) is 0 Å². The number of fused-ring (bicyclic) bond motifs is 1. The molecule has 0 aliphatic rings. The molecule has 1 amide bonds. The fraction of sp³-hybridized carbons (Fsp3) is 0.241. The third-order valence-corrected chi connectivity index (χ3v) is 6.17. The summed E-state index contributed by atoms with van der Waals surface area (Å²) in [6.45, 7) is 1.96. The van der Waals surface area contributed by atoms with Crippen LogP contribution in [0.15, 0.2) is 78.3 Å². The van der Waals surface area contributed by atoms with E-state index in [1.54, 1.807) is 66.4 Å². The standard InChI is InChI=1S/C29H28F3N7O2/c1-19(28(41)37-17-24-7-2-3-10-34-24)35-15-23(14-33)22-13-27-36-18-26(39(27)38-16-22)21-6-4-5-20(11-21)12-25(40)8-9-29(30,31)32/h2-7,10-11,13-16,18-19H,8-9,12,17,33H2,1H3,(H,37,41). The summed E-state index contributed by atoms with van der Waals surface area (Å²) in [6.07, 6.45) is 1.57. The molecule has 1 unspecified atom stereocenters. The molecule has 0 spiro atoms. The van der Waals surface area contributed by atoms with Crippen molar-refractivity contribution in [1.82, 2.24) is 24.9 Å². The second-order valence-corrected chi connectivity index (χ2v) is 9.30. The molecule has 0 saturated carbocycles. The Kier molecular flexibility index (Phi) is 9.23. The molecule has 1 aromatic carbocycles. The van der Waals surface area contributed by atoms with Crippen LogP contribution in [0.4, 0.5) is 13.2 Å². The van der Waals surface area contributed by atoms with Crippen molar-refractivity contribution in [1.29, 1.82) is 0 Å². The highest BCUT2D eigenvalue weighted by Gasteiger charge is 2.27. The summed E-state index contributed by atoms with van der Waals surface area (Å²) >= 11 is 0. The number of aliphatic imine (C=N–C) groups is 1. The minimum atomic E-state index is -4.36. The maximum Gasteiger partial charge on any atom is 0.389 e. The summed E-state index contributed by atoms with van der Waals surface area (Å²) in [5, 5.41) is 7.27. The molecule has 0 fully saturated rings. The van der Waals surface area contributed by atoms with Crippen LogP contribution in [0.5, 0.6) is 0 Å². The van der Waals surface area contributed by atoms with Crippen molar-refractivity contribution >= 4 is 29.1 Å². The smallest absolute Gasteiger partial charge is 0.389 e. The number of nitrogens with zero attached hydrogens (tertiary/aromatic N) is 5. The van der Waals surface area contributed by atoms with E-state index in [-0.39, 0.29) is 12.3 Å². The number of allylic oxidation sites excluding steroid dienone is 1. The molecule has 9 nitrogen and oxygen atoms in total. The fourth-order valence-corrected chi connectivity index (χ4v) is 3.97. The van der Waals surface area contributed by atoms with Gasteiger partial charge in [-0.15, -0.1) is 0 Å². The van der Waals surface area contributed by atoms with E-state index in [1.165, 1.54) is 12.4 Å². The van der Waals surface area contributed by atoms with Gasteiger partial charge in [0.05, 0.1) is 36.7 Å². The average molecular weight is 564 g/mol. The Bertz CT molecular complexity index is 1580. The Hall–Kier alpha value is -4.87. The van der Waals surface area contributed by atoms with E-state index in [1.807, 2.05) is 12.1 Å². The number of imidazole rings is 1. The van der Waals surface area contributed by atoms with Crippen LogP contribution in [0.2, 0.25) is 0 Å². The lowest BCUT2D eigenvalue weighted by atomic mass is 10.0. The van der Waals surface area contributed by atoms with Gasteiger partial charge >= 0.3 is 6.18 Å². The van der Waals surface area contributed by atoms with Crippen molar-refractivity contribution < 1.29 is 22.8 Å². The molecule has 212 valence electrons. The number of halogens is 3. The van der Waals surface area contributed by atoms with Gasteiger partial charge in [0.1, 0.15) is 11.8 Å². The van der Waals surface area contributed by atoms with Gasteiger partial charge in [0.25, 0.3) is 0 Å². The molecule has 12 heteroatoms. The summed E-state index contributed by atoms with van der Waals surface area (Å²) < 4.78 is 38.9. The van der Waals surface area contributed by atoms with Gasteiger partial charge in [0.2, 0.25) is 5.91 Å². The number of hydrogen-bond acceptors (Lipinski definition) is 7. The van der Waals surface area contributed by atoms with E-state index in [9.17, 15) is 22.8 Å². The number of nitrogens with two attached hydrogens (primary N) is 1. The summed E-state index contributed by atoms with van der Waals surface area (Å²) in [4.78, 5) is 37.4. The van der Waals surface area contributed by atoms with E-state index in [2.05, 4.69) is 25.4 Å². The number of amides is 1. The molecule has 4 rings (SSSR count). The first-order valence-electron chi connectivity index (χ1n) is 12.8. The monoisotopic (exact) mass is 563 g/mol. The number of carbonyl (C=O) groups excluding carboxylic acids is 2. The predicted molar refractivity (Wildman–Crippen MR) is 149 cm³/mol. The van der Waals surface area contributed by atoms with Crippen molar-refractivity contribution in [2.24, 2.45) is 10.7 Å². The number of pyridine rings is 1. The van der Waals surface area contributed by atoms with Crippen molar-refractivity contribution in [3.8, 4) is 11.3 Å². The highest BCUT2D eigenvalue weighted by Crippen LogP contribution is 2.25. The lowest BCUT2D eigenvalue weighted by Crippen LogP contribution is -2.31. The number of Topliss-reactive ketones (excluding diaryl/α,β-unsaturated/α-hetero) is 1. The van der Waals surface area contributed by atoms with Gasteiger partial charge in [0.15, 0.2) is 5.65 Å². The summed E-state index contributed by atoms with van der Waals surface area (Å²) in [5.74, 6) is -0.748. The molecule has 1 atom stereocenters. The van der Waals surface area contributed by atoms with E-state index in [0.717, 1.165) is 5.69 Å². The van der Waals surface area contributed by atoms with E-state index >= 15 is 0 Å². The molecular formula is C29H28F3N7O2. The van der Waals surface area contributed by atoms with Gasteiger partial charge in [-0.1, -0.05) is 24.3 Å². The van der Waals surface area contributed by atoms with Crippen LogP contribution in [0.1, 0.15) is 36.6 Å². The number of aromatic nitrogens is 4. The van der Waals surface area contributed by atoms with Gasteiger partial charge in [-0.25, -0.2) is 9.50 Å². The Labute approximate surface area is 234 Å². The first kappa shape index (κ1) is 29.1. The zero-order valence-corrected chi connectivity index (χ0v) is 22.2.